The van der Waals surface area contributed by atoms with Gasteiger partial charge in [0.15, 0.2) is 6.10 Å². The van der Waals surface area contributed by atoms with E-state index in [1.54, 1.807) is 6.07 Å². The van der Waals surface area contributed by atoms with Crippen LogP contribution < -0.4 is 5.32 Å². The van der Waals surface area contributed by atoms with Gasteiger partial charge in [-0.05, 0) is 47.3 Å². The molecule has 2 rings (SSSR count). The zero-order valence-corrected chi connectivity index (χ0v) is 12.6. The van der Waals surface area contributed by atoms with Crippen LogP contribution in [0.4, 0.5) is 0 Å². The number of aryl methyl sites for hydroxylation is 1. The van der Waals surface area contributed by atoms with E-state index >= 15 is 0 Å². The lowest BCUT2D eigenvalue weighted by molar-refractivity contribution is -0.149. The topological polar surface area (TPSA) is 75.6 Å². The molecule has 1 aromatic rings. The van der Waals surface area contributed by atoms with Crippen molar-refractivity contribution in [2.45, 2.75) is 32.0 Å². The molecular weight excluding hydrogens is 326 g/mol. The Kier molecular flexibility index (Phi) is 4.77. The fourth-order valence-electron chi connectivity index (χ4n) is 2.16. The van der Waals surface area contributed by atoms with Crippen molar-refractivity contribution in [1.29, 1.82) is 0 Å². The highest BCUT2D eigenvalue weighted by Gasteiger charge is 2.30. The molecule has 1 aliphatic heterocycles. The molecule has 1 fully saturated rings. The first-order chi connectivity index (χ1) is 9.49. The summed E-state index contributed by atoms with van der Waals surface area (Å²) in [6.45, 7) is 2.24. The second-order valence-electron chi connectivity index (χ2n) is 4.81. The molecule has 1 saturated heterocycles. The highest BCUT2D eigenvalue weighted by atomic mass is 79.9. The summed E-state index contributed by atoms with van der Waals surface area (Å²) in [5.74, 6) is -1.14. The monoisotopic (exact) mass is 341 g/mol. The van der Waals surface area contributed by atoms with E-state index in [0.29, 0.717) is 24.9 Å². The number of ether oxygens (including phenoxy) is 1. The quantitative estimate of drug-likeness (QED) is 0.879. The number of halogens is 1. The molecule has 5 nitrogen and oxygen atoms in total. The van der Waals surface area contributed by atoms with Crippen LogP contribution in [0.5, 0.6) is 0 Å². The van der Waals surface area contributed by atoms with Gasteiger partial charge in [0.2, 0.25) is 0 Å². The number of aliphatic carboxylic acids is 1. The van der Waals surface area contributed by atoms with Crippen molar-refractivity contribution >= 4 is 27.8 Å². The van der Waals surface area contributed by atoms with Gasteiger partial charge < -0.3 is 15.2 Å². The predicted octanol–water partition coefficient (Wildman–Crippen LogP) is 2.12. The summed E-state index contributed by atoms with van der Waals surface area (Å²) in [4.78, 5) is 22.8. The van der Waals surface area contributed by atoms with Crippen molar-refractivity contribution in [3.05, 3.63) is 33.8 Å². The first-order valence-electron chi connectivity index (χ1n) is 6.40. The van der Waals surface area contributed by atoms with Gasteiger partial charge in [-0.15, -0.1) is 0 Å². The Labute approximate surface area is 125 Å². The Morgan fingerprint density at radius 3 is 2.85 bits per heavy atom. The van der Waals surface area contributed by atoms with Crippen molar-refractivity contribution < 1.29 is 19.4 Å². The smallest absolute Gasteiger partial charge is 0.332 e. The minimum Gasteiger partial charge on any atom is -0.479 e. The van der Waals surface area contributed by atoms with Crippen molar-refractivity contribution in [2.75, 3.05) is 6.54 Å². The number of benzene rings is 1. The van der Waals surface area contributed by atoms with Crippen molar-refractivity contribution in [2.24, 2.45) is 0 Å². The van der Waals surface area contributed by atoms with Crippen LogP contribution in [0, 0.1) is 6.92 Å². The highest BCUT2D eigenvalue weighted by molar-refractivity contribution is 9.10. The van der Waals surface area contributed by atoms with Crippen molar-refractivity contribution in [3.63, 3.8) is 0 Å². The van der Waals surface area contributed by atoms with E-state index in [0.717, 1.165) is 10.0 Å². The Morgan fingerprint density at radius 1 is 1.45 bits per heavy atom. The largest absolute Gasteiger partial charge is 0.479 e. The van der Waals surface area contributed by atoms with Gasteiger partial charge in [0.1, 0.15) is 0 Å². The van der Waals surface area contributed by atoms with E-state index in [1.165, 1.54) is 0 Å². The molecule has 108 valence electrons. The molecule has 2 N–H and O–H groups in total. The summed E-state index contributed by atoms with van der Waals surface area (Å²) in [6.07, 6.45) is 0.155. The molecule has 20 heavy (non-hydrogen) atoms. The molecule has 1 amide bonds. The standard InChI is InChI=1S/C14H16BrNO4/c1-8-3-2-4-10(12(8)15)13(17)16-7-9-5-6-11(20-9)14(18)19/h2-4,9,11H,5-7H2,1H3,(H,16,17)(H,18,19). The Hall–Kier alpha value is -1.40. The van der Waals surface area contributed by atoms with Crippen LogP contribution in [0.1, 0.15) is 28.8 Å². The normalized spacial score (nSPS) is 21.7. The summed E-state index contributed by atoms with van der Waals surface area (Å²) in [5.41, 5.74) is 1.55. The number of carbonyl (C=O) groups excluding carboxylic acids is 1. The average molecular weight is 342 g/mol. The summed E-state index contributed by atoms with van der Waals surface area (Å²) < 4.78 is 6.11. The fraction of sp³-hybridized carbons (Fsp3) is 0.429. The molecule has 1 aromatic carbocycles. The molecule has 0 radical (unpaired) electrons. The summed E-state index contributed by atoms with van der Waals surface area (Å²) in [5, 5.41) is 11.6. The molecule has 1 aliphatic rings. The SMILES string of the molecule is Cc1cccc(C(=O)NCC2CCC(C(=O)O)O2)c1Br. The molecule has 0 spiro atoms. The number of hydrogen-bond donors (Lipinski definition) is 2. The maximum atomic E-state index is 12.1. The van der Waals surface area contributed by atoms with Gasteiger partial charge in [-0.2, -0.15) is 0 Å². The molecule has 0 aromatic heterocycles. The lowest BCUT2D eigenvalue weighted by atomic mass is 10.1. The van der Waals surface area contributed by atoms with Crippen LogP contribution >= 0.6 is 15.9 Å². The van der Waals surface area contributed by atoms with Crippen LogP contribution in [0.3, 0.4) is 0 Å². The molecule has 1 heterocycles. The third-order valence-electron chi connectivity index (χ3n) is 3.31. The van der Waals surface area contributed by atoms with Gasteiger partial charge in [-0.3, -0.25) is 4.79 Å². The third-order valence-corrected chi connectivity index (χ3v) is 4.36. The van der Waals surface area contributed by atoms with Crippen molar-refractivity contribution in [1.82, 2.24) is 5.32 Å². The number of hydrogen-bond acceptors (Lipinski definition) is 3. The predicted molar refractivity (Wildman–Crippen MR) is 76.7 cm³/mol. The first kappa shape index (κ1) is 15.0. The minimum atomic E-state index is -0.944. The van der Waals surface area contributed by atoms with Gasteiger partial charge in [-0.1, -0.05) is 12.1 Å². The second-order valence-corrected chi connectivity index (χ2v) is 5.60. The zero-order chi connectivity index (χ0) is 14.7. The highest BCUT2D eigenvalue weighted by Crippen LogP contribution is 2.22. The average Bonchev–Trinajstić information content (AvgIpc) is 2.88. The van der Waals surface area contributed by atoms with E-state index in [-0.39, 0.29) is 12.0 Å². The molecule has 6 heteroatoms. The van der Waals surface area contributed by atoms with E-state index in [4.69, 9.17) is 9.84 Å². The molecular formula is C14H16BrNO4. The van der Waals surface area contributed by atoms with Gasteiger partial charge in [0, 0.05) is 11.0 Å². The van der Waals surface area contributed by atoms with Gasteiger partial charge in [0.25, 0.3) is 5.91 Å². The fourth-order valence-corrected chi connectivity index (χ4v) is 2.61. The van der Waals surface area contributed by atoms with Crippen LogP contribution in [0.25, 0.3) is 0 Å². The summed E-state index contributed by atoms with van der Waals surface area (Å²) in [7, 11) is 0. The number of rotatable bonds is 4. The van der Waals surface area contributed by atoms with Crippen molar-refractivity contribution in [3.8, 4) is 0 Å². The van der Waals surface area contributed by atoms with Crippen LogP contribution in [-0.4, -0.2) is 35.7 Å². The van der Waals surface area contributed by atoms with E-state index < -0.39 is 12.1 Å². The van der Waals surface area contributed by atoms with Gasteiger partial charge >= 0.3 is 5.97 Å². The summed E-state index contributed by atoms with van der Waals surface area (Å²) >= 11 is 3.39. The van der Waals surface area contributed by atoms with Gasteiger partial charge in [0.05, 0.1) is 11.7 Å². The lowest BCUT2D eigenvalue weighted by Crippen LogP contribution is -2.33. The third kappa shape index (κ3) is 3.37. The molecule has 0 bridgehead atoms. The van der Waals surface area contributed by atoms with Crippen LogP contribution in [-0.2, 0) is 9.53 Å². The Morgan fingerprint density at radius 2 is 2.20 bits per heavy atom. The second kappa shape index (κ2) is 6.37. The van der Waals surface area contributed by atoms with Crippen LogP contribution in [0.2, 0.25) is 0 Å². The van der Waals surface area contributed by atoms with E-state index in [2.05, 4.69) is 21.2 Å². The number of amides is 1. The van der Waals surface area contributed by atoms with E-state index in [9.17, 15) is 9.59 Å². The number of carboxylic acid groups (broad SMARTS) is 1. The minimum absolute atomic E-state index is 0.192. The first-order valence-corrected chi connectivity index (χ1v) is 7.20. The molecule has 0 saturated carbocycles. The maximum Gasteiger partial charge on any atom is 0.332 e. The Balaban J connectivity index is 1.90. The van der Waals surface area contributed by atoms with E-state index in [1.807, 2.05) is 19.1 Å². The Bertz CT molecular complexity index is 532. The van der Waals surface area contributed by atoms with Crippen LogP contribution in [0.15, 0.2) is 22.7 Å². The number of carbonyl (C=O) groups is 2. The van der Waals surface area contributed by atoms with Gasteiger partial charge in [-0.25, -0.2) is 4.79 Å². The summed E-state index contributed by atoms with van der Waals surface area (Å²) in [6, 6.07) is 5.47. The molecule has 0 aliphatic carbocycles. The number of nitrogens with one attached hydrogen (secondary N) is 1. The lowest BCUT2D eigenvalue weighted by Gasteiger charge is -2.13. The zero-order valence-electron chi connectivity index (χ0n) is 11.1. The maximum absolute atomic E-state index is 12.1. The number of carboxylic acids is 1. The molecule has 2 atom stereocenters. The molecule has 2 unspecified atom stereocenters.